The molecule has 0 radical (unpaired) electrons. The molecule has 0 heterocycles. The van der Waals surface area contributed by atoms with E-state index in [9.17, 15) is 22.1 Å². The smallest absolute Gasteiger partial charge is 0.462 e. The Morgan fingerprint density at radius 2 is 1.17 bits per heavy atom. The first-order chi connectivity index (χ1) is 20.2. The molecular weight excluding hydrogens is 559 g/mol. The first-order valence-corrected chi connectivity index (χ1v) is 17.5. The molecule has 0 aliphatic carbocycles. The van der Waals surface area contributed by atoms with Crippen molar-refractivity contribution in [2.24, 2.45) is 0 Å². The first kappa shape index (κ1) is 38.1. The summed E-state index contributed by atoms with van der Waals surface area (Å²) in [5.74, 6) is 0.926. The molecule has 0 spiro atoms. The molecule has 0 aliphatic rings. The van der Waals surface area contributed by atoms with Crippen molar-refractivity contribution in [3.8, 4) is 0 Å². The van der Waals surface area contributed by atoms with E-state index in [4.69, 9.17) is 4.74 Å². The average molecular weight is 613 g/mol. The molecule has 2 nitrogen and oxygen atoms in total. The molecule has 8 heteroatoms. The molecule has 0 amide bonds. The number of unbranched alkanes of at least 4 members (excludes halogenated alkanes) is 15. The minimum absolute atomic E-state index is 0.0187. The van der Waals surface area contributed by atoms with Gasteiger partial charge in [-0.3, -0.25) is 0 Å². The number of benzene rings is 2. The molecule has 0 saturated heterocycles. The second kappa shape index (κ2) is 23.5. The fraction of sp³-hybridized carbons (Fsp3) is 0.618. The van der Waals surface area contributed by atoms with Crippen LogP contribution in [0.3, 0.4) is 0 Å². The summed E-state index contributed by atoms with van der Waals surface area (Å²) < 4.78 is 44.3. The van der Waals surface area contributed by atoms with Crippen molar-refractivity contribution < 1.29 is 26.8 Å². The molecule has 238 valence electrons. The Balaban J connectivity index is 0.00000162. The fourth-order valence-corrected chi connectivity index (χ4v) is 7.39. The molecule has 1 atom stereocenters. The number of ether oxygens (including phenoxy) is 1. The summed E-state index contributed by atoms with van der Waals surface area (Å²) in [4.78, 5) is 15.0. The number of rotatable bonds is 21. The van der Waals surface area contributed by atoms with E-state index >= 15 is 0 Å². The fourth-order valence-electron chi connectivity index (χ4n) is 4.97. The molecule has 2 rings (SSSR count). The standard InChI is InChI=1S/C34H53O2S.BF4/c1-4-6-7-8-9-10-11-12-13-14-15-16-17-18-19-22-28-37(33-27-21-20-24-30(33)3)32-26-23-25-31(29-32)34(35)36-5-2;2-1(3,4)5/h20-21,23-27,29H,4-19,22,28H2,1-3H3;/q+1;-1. The maximum absolute atomic E-state index is 12.3. The normalized spacial score (nSPS) is 12.0. The lowest BCUT2D eigenvalue weighted by Gasteiger charge is -2.11. The van der Waals surface area contributed by atoms with E-state index in [1.807, 2.05) is 19.1 Å². The van der Waals surface area contributed by atoms with Crippen LogP contribution in [0.1, 0.15) is 133 Å². The van der Waals surface area contributed by atoms with Gasteiger partial charge in [-0.2, -0.15) is 0 Å². The first-order valence-electron chi connectivity index (χ1n) is 16.1. The van der Waals surface area contributed by atoms with Crippen LogP contribution in [0.25, 0.3) is 0 Å². The maximum atomic E-state index is 12.3. The van der Waals surface area contributed by atoms with E-state index in [1.54, 1.807) is 0 Å². The Hall–Kier alpha value is -1.96. The van der Waals surface area contributed by atoms with Crippen molar-refractivity contribution in [2.75, 3.05) is 12.4 Å². The highest BCUT2D eigenvalue weighted by molar-refractivity contribution is 7.97. The van der Waals surface area contributed by atoms with Crippen molar-refractivity contribution in [3.05, 3.63) is 59.7 Å². The van der Waals surface area contributed by atoms with Crippen LogP contribution in [0.15, 0.2) is 58.3 Å². The van der Waals surface area contributed by atoms with Gasteiger partial charge in [0.05, 0.1) is 23.1 Å². The van der Waals surface area contributed by atoms with Crippen molar-refractivity contribution in [2.45, 2.75) is 133 Å². The average Bonchev–Trinajstić information content (AvgIpc) is 2.95. The number of esters is 1. The summed E-state index contributed by atoms with van der Waals surface area (Å²) in [5.41, 5.74) is 2.00. The lowest BCUT2D eigenvalue weighted by molar-refractivity contribution is 0.0526. The molecule has 0 aliphatic heterocycles. The largest absolute Gasteiger partial charge is 0.673 e. The van der Waals surface area contributed by atoms with Crippen LogP contribution >= 0.6 is 0 Å². The predicted molar refractivity (Wildman–Crippen MR) is 172 cm³/mol. The van der Waals surface area contributed by atoms with E-state index in [2.05, 4.69) is 50.2 Å². The van der Waals surface area contributed by atoms with Crippen molar-refractivity contribution >= 4 is 24.1 Å². The number of hydrogen-bond donors (Lipinski definition) is 0. The Morgan fingerprint density at radius 3 is 1.64 bits per heavy atom. The van der Waals surface area contributed by atoms with Gasteiger partial charge in [-0.05, 0) is 44.9 Å². The van der Waals surface area contributed by atoms with Crippen LogP contribution in [0.2, 0.25) is 0 Å². The van der Waals surface area contributed by atoms with E-state index in [1.165, 1.54) is 118 Å². The van der Waals surface area contributed by atoms with E-state index in [-0.39, 0.29) is 16.9 Å². The van der Waals surface area contributed by atoms with E-state index in [0.29, 0.717) is 12.2 Å². The molecule has 0 bridgehead atoms. The van der Waals surface area contributed by atoms with E-state index in [0.717, 1.165) is 5.75 Å². The van der Waals surface area contributed by atoms with Crippen molar-refractivity contribution in [1.29, 1.82) is 0 Å². The number of aryl methyl sites for hydroxylation is 1. The van der Waals surface area contributed by atoms with Crippen LogP contribution in [0.5, 0.6) is 0 Å². The molecule has 1 unspecified atom stereocenters. The van der Waals surface area contributed by atoms with Gasteiger partial charge in [0, 0.05) is 11.6 Å². The SMILES string of the molecule is CCCCCCCCCCCCCCCCCC[S+](c1cccc(C(=O)OCC)c1)c1ccccc1C.F[B-](F)(F)F. The van der Waals surface area contributed by atoms with Crippen molar-refractivity contribution in [3.63, 3.8) is 0 Å². The topological polar surface area (TPSA) is 26.3 Å². The highest BCUT2D eigenvalue weighted by Gasteiger charge is 2.27. The number of carbonyl (C=O) groups is 1. The molecule has 2 aromatic carbocycles. The van der Waals surface area contributed by atoms with Gasteiger partial charge in [-0.15, -0.1) is 0 Å². The van der Waals surface area contributed by atoms with Crippen molar-refractivity contribution in [1.82, 2.24) is 0 Å². The lowest BCUT2D eigenvalue weighted by Crippen LogP contribution is -2.12. The minimum atomic E-state index is -6.00. The van der Waals surface area contributed by atoms with Gasteiger partial charge in [0.2, 0.25) is 0 Å². The Labute approximate surface area is 255 Å². The summed E-state index contributed by atoms with van der Waals surface area (Å²) in [6, 6.07) is 16.9. The summed E-state index contributed by atoms with van der Waals surface area (Å²) in [5, 5.41) is 0. The molecular formula is C34H53BF4O2S. The van der Waals surface area contributed by atoms with Gasteiger partial charge in [0.25, 0.3) is 0 Å². The predicted octanol–water partition coefficient (Wildman–Crippen LogP) is 11.8. The maximum Gasteiger partial charge on any atom is 0.673 e. The van der Waals surface area contributed by atoms with Gasteiger partial charge >= 0.3 is 13.2 Å². The third-order valence-corrected chi connectivity index (χ3v) is 9.70. The third kappa shape index (κ3) is 19.3. The van der Waals surface area contributed by atoms with Crippen LogP contribution in [0.4, 0.5) is 17.3 Å². The van der Waals surface area contributed by atoms with Gasteiger partial charge in [0.1, 0.15) is 5.75 Å². The second-order valence-electron chi connectivity index (χ2n) is 10.9. The Morgan fingerprint density at radius 1 is 0.690 bits per heavy atom. The van der Waals surface area contributed by atoms with Gasteiger partial charge in [-0.25, -0.2) is 4.79 Å². The Kier molecular flexibility index (Phi) is 21.3. The highest BCUT2D eigenvalue weighted by Crippen LogP contribution is 2.28. The molecule has 0 saturated carbocycles. The lowest BCUT2D eigenvalue weighted by atomic mass is 10.0. The zero-order chi connectivity index (χ0) is 31.1. The van der Waals surface area contributed by atoms with Gasteiger partial charge in [-0.1, -0.05) is 121 Å². The zero-order valence-electron chi connectivity index (χ0n) is 26.2. The third-order valence-electron chi connectivity index (χ3n) is 7.19. The summed E-state index contributed by atoms with van der Waals surface area (Å²) in [6.07, 6.45) is 22.3. The van der Waals surface area contributed by atoms with E-state index < -0.39 is 7.25 Å². The number of carbonyl (C=O) groups excluding carboxylic acids is 1. The van der Waals surface area contributed by atoms with Crippen LogP contribution in [-0.4, -0.2) is 25.6 Å². The van der Waals surface area contributed by atoms with Gasteiger partial charge in [0.15, 0.2) is 9.79 Å². The zero-order valence-corrected chi connectivity index (χ0v) is 27.0. The summed E-state index contributed by atoms with van der Waals surface area (Å²) in [7, 11) is -6.02. The van der Waals surface area contributed by atoms with Crippen LogP contribution in [-0.2, 0) is 15.6 Å². The molecule has 0 N–H and O–H groups in total. The molecule has 42 heavy (non-hydrogen) atoms. The molecule has 0 aromatic heterocycles. The minimum Gasteiger partial charge on any atom is -0.462 e. The monoisotopic (exact) mass is 612 g/mol. The quantitative estimate of drug-likeness (QED) is 0.0461. The molecule has 2 aromatic rings. The van der Waals surface area contributed by atoms with Gasteiger partial charge < -0.3 is 22.0 Å². The number of hydrogen-bond acceptors (Lipinski definition) is 2. The Bertz CT molecular complexity index is 965. The summed E-state index contributed by atoms with van der Waals surface area (Å²) >= 11 is 0. The number of halogens is 4. The molecule has 0 fully saturated rings. The second-order valence-corrected chi connectivity index (χ2v) is 13.0. The highest BCUT2D eigenvalue weighted by atomic mass is 32.2. The van der Waals surface area contributed by atoms with Crippen LogP contribution in [0, 0.1) is 6.92 Å². The summed E-state index contributed by atoms with van der Waals surface area (Å²) in [6.45, 7) is 6.76. The van der Waals surface area contributed by atoms with Crippen LogP contribution < -0.4 is 0 Å².